The molecule has 0 atom stereocenters. The van der Waals surface area contributed by atoms with Gasteiger partial charge in [0.25, 0.3) is 0 Å². The zero-order valence-electron chi connectivity index (χ0n) is 8.67. The van der Waals surface area contributed by atoms with Crippen LogP contribution in [0.5, 0.6) is 0 Å². The van der Waals surface area contributed by atoms with Gasteiger partial charge in [-0.05, 0) is 11.6 Å². The number of nitrogens with two attached hydrogens (primary N) is 1. The maximum Gasteiger partial charge on any atom is 0.358 e. The van der Waals surface area contributed by atoms with Crippen LogP contribution in [0.4, 0.5) is 10.1 Å². The Morgan fingerprint density at radius 2 is 2.29 bits per heavy atom. The highest BCUT2D eigenvalue weighted by Crippen LogP contribution is 2.11. The molecule has 2 heterocycles. The number of hydrogen-bond donors (Lipinski definition) is 2. The van der Waals surface area contributed by atoms with E-state index in [1.807, 2.05) is 0 Å². The summed E-state index contributed by atoms with van der Waals surface area (Å²) < 4.78 is 14.2. The van der Waals surface area contributed by atoms with Gasteiger partial charge in [0.2, 0.25) is 0 Å². The Morgan fingerprint density at radius 1 is 1.53 bits per heavy atom. The van der Waals surface area contributed by atoms with Crippen LogP contribution in [-0.2, 0) is 6.54 Å². The molecule has 2 rings (SSSR count). The molecule has 0 fully saturated rings. The van der Waals surface area contributed by atoms with Gasteiger partial charge in [0.1, 0.15) is 5.82 Å². The first-order valence-corrected chi connectivity index (χ1v) is 4.72. The number of carboxylic acid groups (broad SMARTS) is 1. The van der Waals surface area contributed by atoms with E-state index >= 15 is 0 Å². The molecular formula is C10H9FN4O2. The molecule has 2 aromatic heterocycles. The third-order valence-corrected chi connectivity index (χ3v) is 2.10. The summed E-state index contributed by atoms with van der Waals surface area (Å²) in [5.74, 6) is -1.65. The Labute approximate surface area is 95.5 Å². The topological polar surface area (TPSA) is 94.0 Å². The monoisotopic (exact) mass is 236 g/mol. The summed E-state index contributed by atoms with van der Waals surface area (Å²) in [6.07, 6.45) is 3.94. The van der Waals surface area contributed by atoms with Gasteiger partial charge in [0.05, 0.1) is 18.4 Å². The van der Waals surface area contributed by atoms with Crippen LogP contribution in [-0.4, -0.2) is 25.8 Å². The van der Waals surface area contributed by atoms with Crippen molar-refractivity contribution in [3.8, 4) is 0 Å². The molecule has 88 valence electrons. The molecular weight excluding hydrogens is 227 g/mol. The van der Waals surface area contributed by atoms with Crippen LogP contribution in [0, 0.1) is 5.82 Å². The number of halogens is 1. The van der Waals surface area contributed by atoms with Crippen molar-refractivity contribution in [3.05, 3.63) is 41.7 Å². The summed E-state index contributed by atoms with van der Waals surface area (Å²) in [5, 5.41) is 12.5. The summed E-state index contributed by atoms with van der Waals surface area (Å²) in [4.78, 5) is 14.4. The van der Waals surface area contributed by atoms with Gasteiger partial charge in [-0.1, -0.05) is 0 Å². The Bertz CT molecular complexity index is 567. The molecule has 3 N–H and O–H groups in total. The van der Waals surface area contributed by atoms with Crippen LogP contribution in [0.3, 0.4) is 0 Å². The average Bonchev–Trinajstić information content (AvgIpc) is 2.59. The number of nitrogen functional groups attached to an aromatic ring is 1. The minimum absolute atomic E-state index is 0.0712. The smallest absolute Gasteiger partial charge is 0.358 e. The standard InChI is InChI=1S/C10H9FN4O2/c11-7-1-6(2-13-3-7)4-15-5-8(12)9(14-15)10(16)17/h1-3,5H,4,12H2,(H,16,17). The Kier molecular flexibility index (Phi) is 2.73. The summed E-state index contributed by atoms with van der Waals surface area (Å²) in [6, 6.07) is 1.30. The van der Waals surface area contributed by atoms with E-state index in [1.54, 1.807) is 0 Å². The predicted molar refractivity (Wildman–Crippen MR) is 56.9 cm³/mol. The molecule has 0 saturated heterocycles. The molecule has 7 heteroatoms. The highest BCUT2D eigenvalue weighted by atomic mass is 19.1. The van der Waals surface area contributed by atoms with Crippen molar-refractivity contribution in [3.63, 3.8) is 0 Å². The van der Waals surface area contributed by atoms with Gasteiger partial charge in [-0.15, -0.1) is 0 Å². The molecule has 0 bridgehead atoms. The van der Waals surface area contributed by atoms with Gasteiger partial charge in [0.15, 0.2) is 5.69 Å². The second-order valence-corrected chi connectivity index (χ2v) is 3.45. The van der Waals surface area contributed by atoms with E-state index in [0.717, 1.165) is 6.20 Å². The highest BCUT2D eigenvalue weighted by molar-refractivity contribution is 5.91. The number of hydrogen-bond acceptors (Lipinski definition) is 4. The van der Waals surface area contributed by atoms with Crippen LogP contribution >= 0.6 is 0 Å². The van der Waals surface area contributed by atoms with Crippen LogP contribution < -0.4 is 5.73 Å². The lowest BCUT2D eigenvalue weighted by molar-refractivity contribution is 0.0690. The molecule has 0 aliphatic rings. The zero-order valence-corrected chi connectivity index (χ0v) is 8.67. The molecule has 0 aliphatic heterocycles. The summed E-state index contributed by atoms with van der Waals surface area (Å²) in [5.41, 5.74) is 5.90. The number of pyridine rings is 1. The number of anilines is 1. The van der Waals surface area contributed by atoms with Crippen LogP contribution in [0.15, 0.2) is 24.7 Å². The number of rotatable bonds is 3. The van der Waals surface area contributed by atoms with Gasteiger partial charge >= 0.3 is 5.97 Å². The molecule has 0 aromatic carbocycles. The van der Waals surface area contributed by atoms with E-state index in [2.05, 4.69) is 10.1 Å². The lowest BCUT2D eigenvalue weighted by Crippen LogP contribution is -2.05. The first kappa shape index (κ1) is 11.1. The quantitative estimate of drug-likeness (QED) is 0.819. The fourth-order valence-corrected chi connectivity index (χ4v) is 1.41. The Hall–Kier alpha value is -2.44. The van der Waals surface area contributed by atoms with E-state index in [4.69, 9.17) is 10.8 Å². The number of aromatic nitrogens is 3. The molecule has 0 saturated carbocycles. The van der Waals surface area contributed by atoms with Crippen molar-refractivity contribution in [1.29, 1.82) is 0 Å². The molecule has 0 aliphatic carbocycles. The van der Waals surface area contributed by atoms with E-state index in [0.29, 0.717) is 5.56 Å². The van der Waals surface area contributed by atoms with Crippen molar-refractivity contribution < 1.29 is 14.3 Å². The van der Waals surface area contributed by atoms with E-state index in [1.165, 1.54) is 23.1 Å². The molecule has 0 amide bonds. The summed E-state index contributed by atoms with van der Waals surface area (Å²) in [6.45, 7) is 0.211. The van der Waals surface area contributed by atoms with Gasteiger partial charge < -0.3 is 10.8 Å². The van der Waals surface area contributed by atoms with Crippen molar-refractivity contribution in [2.24, 2.45) is 0 Å². The molecule has 0 unspecified atom stereocenters. The fourth-order valence-electron chi connectivity index (χ4n) is 1.41. The van der Waals surface area contributed by atoms with Crippen molar-refractivity contribution in [2.45, 2.75) is 6.54 Å². The van der Waals surface area contributed by atoms with Gasteiger partial charge in [-0.25, -0.2) is 9.18 Å². The molecule has 6 nitrogen and oxygen atoms in total. The van der Waals surface area contributed by atoms with E-state index < -0.39 is 11.8 Å². The first-order valence-electron chi connectivity index (χ1n) is 4.72. The molecule has 0 spiro atoms. The maximum atomic E-state index is 12.9. The predicted octanol–water partition coefficient (Wildman–Crippen LogP) is 0.746. The maximum absolute atomic E-state index is 12.9. The fraction of sp³-hybridized carbons (Fsp3) is 0.100. The Morgan fingerprint density at radius 3 is 2.88 bits per heavy atom. The number of carbonyl (C=O) groups is 1. The van der Waals surface area contributed by atoms with Gasteiger partial charge in [-0.3, -0.25) is 9.67 Å². The second-order valence-electron chi connectivity index (χ2n) is 3.45. The number of carboxylic acids is 1. The van der Waals surface area contributed by atoms with Gasteiger partial charge in [0, 0.05) is 12.4 Å². The van der Waals surface area contributed by atoms with Crippen LogP contribution in [0.2, 0.25) is 0 Å². The molecule has 0 radical (unpaired) electrons. The largest absolute Gasteiger partial charge is 0.476 e. The lowest BCUT2D eigenvalue weighted by Gasteiger charge is -2.00. The number of nitrogens with zero attached hydrogens (tertiary/aromatic N) is 3. The van der Waals surface area contributed by atoms with E-state index in [-0.39, 0.29) is 17.9 Å². The van der Waals surface area contributed by atoms with Crippen molar-refractivity contribution >= 4 is 11.7 Å². The van der Waals surface area contributed by atoms with Gasteiger partial charge in [-0.2, -0.15) is 5.10 Å². The second kappa shape index (κ2) is 4.20. The molecule has 17 heavy (non-hydrogen) atoms. The third kappa shape index (κ3) is 2.39. The summed E-state index contributed by atoms with van der Waals surface area (Å²) in [7, 11) is 0. The first-order chi connectivity index (χ1) is 8.06. The minimum Gasteiger partial charge on any atom is -0.476 e. The Balaban J connectivity index is 2.25. The SMILES string of the molecule is Nc1cn(Cc2cncc(F)c2)nc1C(=O)O. The zero-order chi connectivity index (χ0) is 12.4. The molecule has 2 aromatic rings. The minimum atomic E-state index is -1.20. The summed E-state index contributed by atoms with van der Waals surface area (Å²) >= 11 is 0. The average molecular weight is 236 g/mol. The number of aromatic carboxylic acids is 1. The van der Waals surface area contributed by atoms with Crippen LogP contribution in [0.1, 0.15) is 16.1 Å². The highest BCUT2D eigenvalue weighted by Gasteiger charge is 2.13. The van der Waals surface area contributed by atoms with E-state index in [9.17, 15) is 9.18 Å². The normalized spacial score (nSPS) is 10.4. The third-order valence-electron chi connectivity index (χ3n) is 2.10. The van der Waals surface area contributed by atoms with Crippen molar-refractivity contribution in [1.82, 2.24) is 14.8 Å². The van der Waals surface area contributed by atoms with Crippen LogP contribution in [0.25, 0.3) is 0 Å². The lowest BCUT2D eigenvalue weighted by atomic mass is 10.3. The van der Waals surface area contributed by atoms with Crippen molar-refractivity contribution in [2.75, 3.05) is 5.73 Å².